The summed E-state index contributed by atoms with van der Waals surface area (Å²) in [5, 5.41) is 8.06. The Hall–Kier alpha value is 0.960. The van der Waals surface area contributed by atoms with Crippen LogP contribution in [-0.2, 0) is 0 Å². The summed E-state index contributed by atoms with van der Waals surface area (Å²) in [6.45, 7) is 3.44. The molecule has 26 valence electrons. The van der Waals surface area contributed by atoms with E-state index in [0.29, 0.717) is 0 Å². The van der Waals surface area contributed by atoms with Gasteiger partial charge in [0.25, 0.3) is 0 Å². The summed E-state index contributed by atoms with van der Waals surface area (Å²) in [6.07, 6.45) is -0.167. The van der Waals surface area contributed by atoms with Crippen molar-refractivity contribution in [2.24, 2.45) is 0 Å². The molecule has 0 saturated carbocycles. The van der Waals surface area contributed by atoms with Crippen LogP contribution in [0.5, 0.6) is 0 Å². The Morgan fingerprint density at radius 1 is 1.40 bits per heavy atom. The maximum atomic E-state index is 8.06. The standard InChI is InChI=1S/C3H8O.Na/c1-3(2)4;/h3-4H,1-2H3;/q;+1. The third-order valence-electron chi connectivity index (χ3n) is 0. The van der Waals surface area contributed by atoms with Gasteiger partial charge in [-0.1, -0.05) is 0 Å². The first-order valence-electron chi connectivity index (χ1n) is 1.41. The van der Waals surface area contributed by atoms with Crippen LogP contribution in [0.3, 0.4) is 0 Å². The Kier molecular flexibility index (Phi) is 9.28. The van der Waals surface area contributed by atoms with Crippen LogP contribution in [0.4, 0.5) is 0 Å². The van der Waals surface area contributed by atoms with Gasteiger partial charge in [0.05, 0.1) is 0 Å². The minimum Gasteiger partial charge on any atom is -0.394 e. The summed E-state index contributed by atoms with van der Waals surface area (Å²) in [6, 6.07) is 0. The smallest absolute Gasteiger partial charge is 0.394 e. The van der Waals surface area contributed by atoms with Crippen molar-refractivity contribution in [3.8, 4) is 0 Å². The molecular weight excluding hydrogens is 75.0 g/mol. The van der Waals surface area contributed by atoms with E-state index >= 15 is 0 Å². The van der Waals surface area contributed by atoms with Gasteiger partial charge in [0.2, 0.25) is 0 Å². The molecule has 2 heteroatoms. The zero-order valence-electron chi connectivity index (χ0n) is 4.02. The van der Waals surface area contributed by atoms with Crippen molar-refractivity contribution in [3.63, 3.8) is 0 Å². The van der Waals surface area contributed by atoms with Crippen molar-refractivity contribution in [2.45, 2.75) is 20.0 Å². The van der Waals surface area contributed by atoms with E-state index in [0.717, 1.165) is 0 Å². The van der Waals surface area contributed by atoms with Crippen molar-refractivity contribution in [3.05, 3.63) is 0 Å². The van der Waals surface area contributed by atoms with Gasteiger partial charge in [0, 0.05) is 6.10 Å². The fraction of sp³-hybridized carbons (Fsp3) is 1.00. The van der Waals surface area contributed by atoms with Crippen LogP contribution in [0, 0.1) is 0 Å². The summed E-state index contributed by atoms with van der Waals surface area (Å²) in [4.78, 5) is 0. The zero-order chi connectivity index (χ0) is 3.58. The van der Waals surface area contributed by atoms with Gasteiger partial charge in [0.15, 0.2) is 0 Å². The molecule has 0 aromatic carbocycles. The first-order valence-corrected chi connectivity index (χ1v) is 1.41. The first kappa shape index (κ1) is 9.35. The minimum absolute atomic E-state index is 0. The van der Waals surface area contributed by atoms with Crippen LogP contribution in [0.25, 0.3) is 0 Å². The van der Waals surface area contributed by atoms with Gasteiger partial charge in [-0.15, -0.1) is 0 Å². The molecule has 0 aliphatic carbocycles. The van der Waals surface area contributed by atoms with Crippen molar-refractivity contribution < 1.29 is 34.7 Å². The number of aliphatic hydroxyl groups is 1. The molecule has 0 bridgehead atoms. The summed E-state index contributed by atoms with van der Waals surface area (Å²) in [5.74, 6) is 0. The number of hydrogen-bond donors (Lipinski definition) is 1. The van der Waals surface area contributed by atoms with Crippen LogP contribution in [-0.4, -0.2) is 11.2 Å². The van der Waals surface area contributed by atoms with E-state index in [1.165, 1.54) is 0 Å². The van der Waals surface area contributed by atoms with Gasteiger partial charge in [-0.3, -0.25) is 0 Å². The quantitative estimate of drug-likeness (QED) is 0.318. The zero-order valence-corrected chi connectivity index (χ0v) is 6.02. The summed E-state index contributed by atoms with van der Waals surface area (Å²) in [5.41, 5.74) is 0. The molecule has 0 aliphatic heterocycles. The number of aliphatic hydroxyl groups excluding tert-OH is 1. The molecule has 1 nitrogen and oxygen atoms in total. The van der Waals surface area contributed by atoms with Crippen LogP contribution >= 0.6 is 0 Å². The van der Waals surface area contributed by atoms with E-state index in [9.17, 15) is 0 Å². The van der Waals surface area contributed by atoms with Crippen LogP contribution < -0.4 is 29.6 Å². The Morgan fingerprint density at radius 2 is 1.40 bits per heavy atom. The average molecular weight is 83.1 g/mol. The average Bonchev–Trinajstić information content (AvgIpc) is 0.811. The second-order valence-corrected chi connectivity index (χ2v) is 1.09. The topological polar surface area (TPSA) is 20.2 Å². The Morgan fingerprint density at radius 3 is 1.40 bits per heavy atom. The molecule has 0 aromatic heterocycles. The van der Waals surface area contributed by atoms with Gasteiger partial charge in [-0.05, 0) is 13.8 Å². The van der Waals surface area contributed by atoms with Gasteiger partial charge in [-0.25, -0.2) is 0 Å². The molecule has 0 aromatic rings. The van der Waals surface area contributed by atoms with Gasteiger partial charge in [-0.2, -0.15) is 0 Å². The van der Waals surface area contributed by atoms with Crippen molar-refractivity contribution >= 4 is 0 Å². The summed E-state index contributed by atoms with van der Waals surface area (Å²) in [7, 11) is 0. The molecule has 0 fully saturated rings. The number of rotatable bonds is 0. The Labute approximate surface area is 54.7 Å². The van der Waals surface area contributed by atoms with Gasteiger partial charge in [0.1, 0.15) is 0 Å². The SMILES string of the molecule is CC(C)O.[Na+]. The van der Waals surface area contributed by atoms with Crippen LogP contribution in [0.2, 0.25) is 0 Å². The molecule has 0 saturated heterocycles. The van der Waals surface area contributed by atoms with Crippen LogP contribution in [0.15, 0.2) is 0 Å². The van der Waals surface area contributed by atoms with E-state index < -0.39 is 0 Å². The molecule has 0 aliphatic rings. The predicted octanol–water partition coefficient (Wildman–Crippen LogP) is -2.61. The van der Waals surface area contributed by atoms with E-state index in [-0.39, 0.29) is 35.7 Å². The van der Waals surface area contributed by atoms with Gasteiger partial charge < -0.3 is 5.11 Å². The van der Waals surface area contributed by atoms with Gasteiger partial charge >= 0.3 is 29.6 Å². The Balaban J connectivity index is 0. The Bertz CT molecular complexity index is 11.6. The molecule has 0 unspecified atom stereocenters. The molecule has 5 heavy (non-hydrogen) atoms. The third-order valence-corrected chi connectivity index (χ3v) is 0. The molecule has 0 radical (unpaired) electrons. The van der Waals surface area contributed by atoms with E-state index in [1.807, 2.05) is 0 Å². The summed E-state index contributed by atoms with van der Waals surface area (Å²) >= 11 is 0. The second-order valence-electron chi connectivity index (χ2n) is 1.09. The van der Waals surface area contributed by atoms with Crippen LogP contribution in [0.1, 0.15) is 13.8 Å². The number of hydrogen-bond acceptors (Lipinski definition) is 1. The molecule has 0 amide bonds. The second kappa shape index (κ2) is 4.96. The normalized spacial score (nSPS) is 7.20. The largest absolute Gasteiger partial charge is 1.00 e. The van der Waals surface area contributed by atoms with Crippen molar-refractivity contribution in [2.75, 3.05) is 0 Å². The minimum atomic E-state index is -0.167. The molecule has 1 N–H and O–H groups in total. The third kappa shape index (κ3) is 47.2. The fourth-order valence-electron chi connectivity index (χ4n) is 0. The maximum absolute atomic E-state index is 8.06. The first-order chi connectivity index (χ1) is 1.73. The molecule has 0 heterocycles. The molecule has 0 rings (SSSR count). The molecule has 0 spiro atoms. The maximum Gasteiger partial charge on any atom is 1.00 e. The molecule has 0 atom stereocenters. The van der Waals surface area contributed by atoms with Crippen molar-refractivity contribution in [1.29, 1.82) is 0 Å². The van der Waals surface area contributed by atoms with E-state index in [1.54, 1.807) is 13.8 Å². The van der Waals surface area contributed by atoms with Crippen molar-refractivity contribution in [1.82, 2.24) is 0 Å². The fourth-order valence-corrected chi connectivity index (χ4v) is 0. The molecular formula is C3H8NaO+. The monoisotopic (exact) mass is 83.0 g/mol. The summed E-state index contributed by atoms with van der Waals surface area (Å²) < 4.78 is 0. The van der Waals surface area contributed by atoms with E-state index in [2.05, 4.69) is 0 Å². The predicted molar refractivity (Wildman–Crippen MR) is 17.4 cm³/mol. The van der Waals surface area contributed by atoms with E-state index in [4.69, 9.17) is 5.11 Å².